The summed E-state index contributed by atoms with van der Waals surface area (Å²) < 4.78 is 65.3. The minimum absolute atomic E-state index is 0.105. The van der Waals surface area contributed by atoms with E-state index in [1.54, 1.807) is 6.92 Å². The minimum Gasteiger partial charge on any atom is -0.329 e. The maximum atomic E-state index is 13.8. The summed E-state index contributed by atoms with van der Waals surface area (Å²) in [7, 11) is -1.49. The first kappa shape index (κ1) is 25.3. The number of sulfonamides is 1. The molecule has 0 radical (unpaired) electrons. The van der Waals surface area contributed by atoms with Gasteiger partial charge in [0.15, 0.2) is 17.5 Å². The van der Waals surface area contributed by atoms with Crippen LogP contribution in [0.4, 0.5) is 18.9 Å². The van der Waals surface area contributed by atoms with Gasteiger partial charge in [-0.2, -0.15) is 0 Å². The van der Waals surface area contributed by atoms with Crippen LogP contribution in [0.25, 0.3) is 0 Å². The summed E-state index contributed by atoms with van der Waals surface area (Å²) >= 11 is 0. The van der Waals surface area contributed by atoms with Crippen molar-refractivity contribution >= 4 is 27.5 Å². The van der Waals surface area contributed by atoms with Crippen LogP contribution in [0.2, 0.25) is 0 Å². The number of anilines is 1. The van der Waals surface area contributed by atoms with Crippen molar-refractivity contribution in [3.63, 3.8) is 0 Å². The van der Waals surface area contributed by atoms with Gasteiger partial charge < -0.3 is 10.2 Å². The van der Waals surface area contributed by atoms with E-state index in [9.17, 15) is 31.2 Å². The van der Waals surface area contributed by atoms with Gasteiger partial charge in [-0.15, -0.1) is 0 Å². The number of hydrogen-bond acceptors (Lipinski definition) is 5. The van der Waals surface area contributed by atoms with E-state index in [0.717, 1.165) is 11.0 Å². The van der Waals surface area contributed by atoms with Gasteiger partial charge in [0.25, 0.3) is 15.9 Å². The zero-order chi connectivity index (χ0) is 24.1. The Morgan fingerprint density at radius 1 is 1.03 bits per heavy atom. The number of hydrogen-bond donors (Lipinski definition) is 1. The van der Waals surface area contributed by atoms with Crippen molar-refractivity contribution < 1.29 is 36.0 Å². The van der Waals surface area contributed by atoms with Gasteiger partial charge in [0.05, 0.1) is 17.7 Å². The highest BCUT2D eigenvalue weighted by molar-refractivity contribution is 7.89. The molecule has 0 saturated heterocycles. The quantitative estimate of drug-likeness (QED) is 0.446. The van der Waals surface area contributed by atoms with E-state index in [-0.39, 0.29) is 17.0 Å². The Labute approximate surface area is 183 Å². The molecule has 0 heterocycles. The molecule has 0 aromatic heterocycles. The molecule has 32 heavy (non-hydrogen) atoms. The third kappa shape index (κ3) is 5.64. The van der Waals surface area contributed by atoms with Gasteiger partial charge in [-0.25, -0.2) is 21.6 Å². The van der Waals surface area contributed by atoms with Crippen LogP contribution in [0.3, 0.4) is 0 Å². The molecular formula is C20H22F3N3O5S. The molecule has 1 N–H and O–H groups in total. The van der Waals surface area contributed by atoms with Crippen LogP contribution in [0, 0.1) is 17.5 Å². The van der Waals surface area contributed by atoms with Crippen LogP contribution in [0.15, 0.2) is 41.3 Å². The maximum Gasteiger partial charge on any atom is 0.264 e. The minimum atomic E-state index is -3.90. The fraction of sp³-hybridized carbons (Fsp3) is 0.300. The number of halogens is 3. The highest BCUT2D eigenvalue weighted by Gasteiger charge is 2.23. The molecule has 0 atom stereocenters. The molecule has 12 heteroatoms. The second kappa shape index (κ2) is 10.6. The highest BCUT2D eigenvalue weighted by Crippen LogP contribution is 2.20. The Kier molecular flexibility index (Phi) is 8.36. The van der Waals surface area contributed by atoms with E-state index in [4.69, 9.17) is 0 Å². The topological polar surface area (TPSA) is 96.0 Å². The summed E-state index contributed by atoms with van der Waals surface area (Å²) in [6.45, 7) is 1.44. The fourth-order valence-corrected chi connectivity index (χ4v) is 3.68. The third-order valence-corrected chi connectivity index (χ3v) is 6.11. The van der Waals surface area contributed by atoms with Crippen molar-refractivity contribution in [1.29, 1.82) is 0 Å². The van der Waals surface area contributed by atoms with E-state index >= 15 is 0 Å². The standard InChI is InChI=1S/C20H22F3N3O5S/c1-4-11-26(12-17(27)24-16-10-9-15(21)18(22)19(16)23)20(28)13-5-7-14(8-6-13)32(29,30)25(2)31-3/h5-10H,4,11-12H2,1-3H3,(H,24,27). The number of nitrogens with zero attached hydrogens (tertiary/aromatic N) is 2. The average molecular weight is 473 g/mol. The lowest BCUT2D eigenvalue weighted by atomic mass is 10.2. The van der Waals surface area contributed by atoms with Crippen LogP contribution in [-0.2, 0) is 19.7 Å². The number of benzene rings is 2. The van der Waals surface area contributed by atoms with Crippen LogP contribution in [0.1, 0.15) is 23.7 Å². The molecule has 2 aromatic carbocycles. The summed E-state index contributed by atoms with van der Waals surface area (Å²) in [5.41, 5.74) is -0.445. The van der Waals surface area contributed by atoms with Crippen LogP contribution < -0.4 is 5.32 Å². The molecule has 0 aliphatic heterocycles. The van der Waals surface area contributed by atoms with Gasteiger partial charge in [0.2, 0.25) is 5.91 Å². The molecule has 0 unspecified atom stereocenters. The monoisotopic (exact) mass is 473 g/mol. The molecule has 0 bridgehead atoms. The van der Waals surface area contributed by atoms with E-state index < -0.39 is 51.5 Å². The summed E-state index contributed by atoms with van der Waals surface area (Å²) in [4.78, 5) is 30.9. The average Bonchev–Trinajstić information content (AvgIpc) is 2.78. The summed E-state index contributed by atoms with van der Waals surface area (Å²) in [5.74, 6) is -6.07. The first-order chi connectivity index (χ1) is 15.0. The van der Waals surface area contributed by atoms with Gasteiger partial charge in [-0.3, -0.25) is 14.4 Å². The molecule has 8 nitrogen and oxygen atoms in total. The Hall–Kier alpha value is -2.96. The van der Waals surface area contributed by atoms with E-state index in [0.29, 0.717) is 17.0 Å². The van der Waals surface area contributed by atoms with Crippen molar-refractivity contribution in [1.82, 2.24) is 9.37 Å². The summed E-state index contributed by atoms with van der Waals surface area (Å²) in [5, 5.41) is 2.11. The molecule has 0 aliphatic rings. The lowest BCUT2D eigenvalue weighted by molar-refractivity contribution is -0.116. The van der Waals surface area contributed by atoms with Gasteiger partial charge in [0.1, 0.15) is 6.54 Å². The Bertz CT molecular complexity index is 1090. The smallest absolute Gasteiger partial charge is 0.264 e. The molecule has 174 valence electrons. The van der Waals surface area contributed by atoms with Gasteiger partial charge in [-0.1, -0.05) is 11.4 Å². The number of amides is 2. The first-order valence-corrected chi connectivity index (χ1v) is 10.8. The van der Waals surface area contributed by atoms with Gasteiger partial charge in [0, 0.05) is 19.2 Å². The lowest BCUT2D eigenvalue weighted by Gasteiger charge is -2.22. The molecule has 0 saturated carbocycles. The number of rotatable bonds is 9. The Balaban J connectivity index is 2.17. The zero-order valence-electron chi connectivity index (χ0n) is 17.6. The summed E-state index contributed by atoms with van der Waals surface area (Å²) in [6, 6.07) is 6.55. The Morgan fingerprint density at radius 2 is 1.66 bits per heavy atom. The second-order valence-corrected chi connectivity index (χ2v) is 8.56. The zero-order valence-corrected chi connectivity index (χ0v) is 18.4. The molecule has 2 rings (SSSR count). The van der Waals surface area contributed by atoms with Crippen molar-refractivity contribution in [3.8, 4) is 0 Å². The number of carbonyl (C=O) groups excluding carboxylic acids is 2. The van der Waals surface area contributed by atoms with Crippen molar-refractivity contribution in [2.75, 3.05) is 32.6 Å². The van der Waals surface area contributed by atoms with Crippen molar-refractivity contribution in [2.24, 2.45) is 0 Å². The number of hydroxylamine groups is 1. The Morgan fingerprint density at radius 3 is 2.22 bits per heavy atom. The molecule has 0 spiro atoms. The second-order valence-electron chi connectivity index (χ2n) is 6.62. The predicted octanol–water partition coefficient (Wildman–Crippen LogP) is 2.78. The number of carbonyl (C=O) groups is 2. The molecule has 0 fully saturated rings. The molecule has 2 amide bonds. The van der Waals surface area contributed by atoms with E-state index in [1.165, 1.54) is 38.4 Å². The summed E-state index contributed by atoms with van der Waals surface area (Å²) in [6.07, 6.45) is 0.490. The molecule has 0 aliphatic carbocycles. The maximum absolute atomic E-state index is 13.8. The molecule has 2 aromatic rings. The predicted molar refractivity (Wildman–Crippen MR) is 110 cm³/mol. The van der Waals surface area contributed by atoms with E-state index in [2.05, 4.69) is 10.2 Å². The third-order valence-electron chi connectivity index (χ3n) is 4.42. The van der Waals surface area contributed by atoms with Crippen LogP contribution in [-0.4, -0.2) is 56.8 Å². The van der Waals surface area contributed by atoms with E-state index in [1.807, 2.05) is 0 Å². The first-order valence-electron chi connectivity index (χ1n) is 9.38. The highest BCUT2D eigenvalue weighted by atomic mass is 32.2. The number of nitrogens with one attached hydrogen (secondary N) is 1. The van der Waals surface area contributed by atoms with Gasteiger partial charge in [-0.05, 0) is 42.8 Å². The SMILES string of the molecule is CCCN(CC(=O)Nc1ccc(F)c(F)c1F)C(=O)c1ccc(S(=O)(=O)N(C)OC)cc1. The van der Waals surface area contributed by atoms with Crippen molar-refractivity contribution in [3.05, 3.63) is 59.4 Å². The van der Waals surface area contributed by atoms with Crippen molar-refractivity contribution in [2.45, 2.75) is 18.2 Å². The largest absolute Gasteiger partial charge is 0.329 e. The van der Waals surface area contributed by atoms with Gasteiger partial charge >= 0.3 is 0 Å². The fourth-order valence-electron chi connectivity index (χ4n) is 2.71. The normalized spacial score (nSPS) is 11.5. The van der Waals surface area contributed by atoms with Crippen LogP contribution >= 0.6 is 0 Å². The molecular weight excluding hydrogens is 451 g/mol. The van der Waals surface area contributed by atoms with Crippen LogP contribution in [0.5, 0.6) is 0 Å². The lowest BCUT2D eigenvalue weighted by Crippen LogP contribution is -2.38.